The quantitative estimate of drug-likeness (QED) is 0.378. The number of nitro groups is 1. The first-order chi connectivity index (χ1) is 10.0. The first-order valence-corrected chi connectivity index (χ1v) is 8.02. The molecule has 0 bridgehead atoms. The highest BCUT2D eigenvalue weighted by atomic mass is 35.5. The Balaban J connectivity index is 2.21. The van der Waals surface area contributed by atoms with E-state index >= 15 is 0 Å². The number of rotatable bonds is 10. The van der Waals surface area contributed by atoms with Crippen molar-refractivity contribution in [1.82, 2.24) is 5.32 Å². The van der Waals surface area contributed by atoms with E-state index < -0.39 is 4.92 Å². The summed E-state index contributed by atoms with van der Waals surface area (Å²) in [4.78, 5) is 10.3. The number of nitrogens with zero attached hydrogens (tertiary/aromatic N) is 1. The number of benzene rings is 1. The highest BCUT2D eigenvalue weighted by molar-refractivity contribution is 6.31. The molecule has 0 saturated heterocycles. The van der Waals surface area contributed by atoms with Crippen molar-refractivity contribution in [2.24, 2.45) is 5.92 Å². The number of nitrogens with one attached hydrogen (secondary N) is 1. The van der Waals surface area contributed by atoms with Crippen LogP contribution in [0.2, 0.25) is 5.02 Å². The van der Waals surface area contributed by atoms with Gasteiger partial charge in [-0.05, 0) is 30.5 Å². The Morgan fingerprint density at radius 1 is 1.24 bits per heavy atom. The lowest BCUT2D eigenvalue weighted by atomic mass is 10.0. The van der Waals surface area contributed by atoms with E-state index in [9.17, 15) is 10.1 Å². The van der Waals surface area contributed by atoms with Crippen molar-refractivity contribution in [2.45, 2.75) is 52.5 Å². The Hall–Kier alpha value is -1.13. The van der Waals surface area contributed by atoms with Crippen LogP contribution >= 0.6 is 11.6 Å². The summed E-state index contributed by atoms with van der Waals surface area (Å²) in [6, 6.07) is 4.56. The normalized spacial score (nSPS) is 11.0. The van der Waals surface area contributed by atoms with E-state index in [0.29, 0.717) is 11.6 Å². The van der Waals surface area contributed by atoms with Crippen LogP contribution in [0.15, 0.2) is 18.2 Å². The summed E-state index contributed by atoms with van der Waals surface area (Å²) in [6.07, 6.45) is 6.23. The summed E-state index contributed by atoms with van der Waals surface area (Å²) >= 11 is 6.05. The minimum absolute atomic E-state index is 0.0879. The van der Waals surface area contributed by atoms with Crippen LogP contribution in [0.25, 0.3) is 0 Å². The van der Waals surface area contributed by atoms with Crippen molar-refractivity contribution in [3.8, 4) is 0 Å². The van der Waals surface area contributed by atoms with Gasteiger partial charge in [-0.25, -0.2) is 0 Å². The van der Waals surface area contributed by atoms with E-state index in [1.807, 2.05) is 0 Å². The molecule has 21 heavy (non-hydrogen) atoms. The van der Waals surface area contributed by atoms with Gasteiger partial charge in [0.05, 0.1) is 4.92 Å². The number of hydrogen-bond donors (Lipinski definition) is 1. The van der Waals surface area contributed by atoms with Crippen molar-refractivity contribution in [1.29, 1.82) is 0 Å². The van der Waals surface area contributed by atoms with Gasteiger partial charge >= 0.3 is 0 Å². The lowest BCUT2D eigenvalue weighted by Crippen LogP contribution is -2.15. The summed E-state index contributed by atoms with van der Waals surface area (Å²) in [5.74, 6) is 0.791. The van der Waals surface area contributed by atoms with Gasteiger partial charge in [-0.15, -0.1) is 0 Å². The SMILES string of the molecule is CC(C)CCCCCCNCc1cc([N+](=O)[O-])ccc1Cl. The zero-order chi connectivity index (χ0) is 15.7. The topological polar surface area (TPSA) is 55.2 Å². The molecule has 0 saturated carbocycles. The second-order valence-corrected chi connectivity index (χ2v) is 6.21. The van der Waals surface area contributed by atoms with Crippen LogP contribution in [0.1, 0.15) is 51.5 Å². The fourth-order valence-corrected chi connectivity index (χ4v) is 2.37. The third-order valence-corrected chi connectivity index (χ3v) is 3.81. The molecule has 5 heteroatoms. The Bertz CT molecular complexity index is 450. The molecule has 118 valence electrons. The van der Waals surface area contributed by atoms with Gasteiger partial charge in [0.25, 0.3) is 5.69 Å². The van der Waals surface area contributed by atoms with Gasteiger partial charge in [0.2, 0.25) is 0 Å². The van der Waals surface area contributed by atoms with Gasteiger partial charge in [-0.2, -0.15) is 0 Å². The highest BCUT2D eigenvalue weighted by Gasteiger charge is 2.09. The molecule has 4 nitrogen and oxygen atoms in total. The maximum atomic E-state index is 10.7. The van der Waals surface area contributed by atoms with Crippen molar-refractivity contribution in [3.05, 3.63) is 38.9 Å². The molecule has 0 aromatic heterocycles. The lowest BCUT2D eigenvalue weighted by molar-refractivity contribution is -0.384. The maximum Gasteiger partial charge on any atom is 0.269 e. The standard InChI is InChI=1S/C16H25ClN2O2/c1-13(2)7-5-3-4-6-10-18-12-14-11-15(19(20)21)8-9-16(14)17/h8-9,11,13,18H,3-7,10,12H2,1-2H3. The number of nitro benzene ring substituents is 1. The summed E-state index contributed by atoms with van der Waals surface area (Å²) in [7, 11) is 0. The van der Waals surface area contributed by atoms with Gasteiger partial charge in [0.1, 0.15) is 0 Å². The summed E-state index contributed by atoms with van der Waals surface area (Å²) in [5, 5.41) is 14.6. The molecule has 1 aromatic carbocycles. The second-order valence-electron chi connectivity index (χ2n) is 5.81. The molecule has 1 N–H and O–H groups in total. The molecule has 0 fully saturated rings. The van der Waals surface area contributed by atoms with E-state index in [1.54, 1.807) is 6.07 Å². The molecule has 1 aromatic rings. The van der Waals surface area contributed by atoms with E-state index in [4.69, 9.17) is 11.6 Å². The Labute approximate surface area is 132 Å². The third kappa shape index (κ3) is 7.44. The minimum Gasteiger partial charge on any atom is -0.313 e. The van der Waals surface area contributed by atoms with Crippen LogP contribution in [0.3, 0.4) is 0 Å². The van der Waals surface area contributed by atoms with Crippen molar-refractivity contribution in [3.63, 3.8) is 0 Å². The highest BCUT2D eigenvalue weighted by Crippen LogP contribution is 2.21. The zero-order valence-electron chi connectivity index (χ0n) is 12.9. The molecule has 0 heterocycles. The molecule has 0 aliphatic rings. The molecule has 0 atom stereocenters. The fourth-order valence-electron chi connectivity index (χ4n) is 2.19. The summed E-state index contributed by atoms with van der Waals surface area (Å²) in [6.45, 7) is 6.00. The molecular weight excluding hydrogens is 288 g/mol. The molecule has 1 rings (SSSR count). The maximum absolute atomic E-state index is 10.7. The number of non-ortho nitro benzene ring substituents is 1. The minimum atomic E-state index is -0.394. The lowest BCUT2D eigenvalue weighted by Gasteiger charge is -2.07. The van der Waals surface area contributed by atoms with E-state index in [2.05, 4.69) is 19.2 Å². The molecule has 0 aliphatic heterocycles. The van der Waals surface area contributed by atoms with Gasteiger partial charge in [-0.1, -0.05) is 51.1 Å². The van der Waals surface area contributed by atoms with Crippen LogP contribution in [-0.2, 0) is 6.54 Å². The Morgan fingerprint density at radius 3 is 2.62 bits per heavy atom. The molecule has 0 aliphatic carbocycles. The van der Waals surface area contributed by atoms with Crippen molar-refractivity contribution < 1.29 is 4.92 Å². The van der Waals surface area contributed by atoms with Gasteiger partial charge in [0, 0.05) is 23.7 Å². The van der Waals surface area contributed by atoms with Crippen LogP contribution < -0.4 is 5.32 Å². The van der Waals surface area contributed by atoms with Gasteiger partial charge in [-0.3, -0.25) is 10.1 Å². The van der Waals surface area contributed by atoms with E-state index in [1.165, 1.54) is 37.8 Å². The predicted molar refractivity (Wildman–Crippen MR) is 87.7 cm³/mol. The van der Waals surface area contributed by atoms with Crippen LogP contribution in [0.4, 0.5) is 5.69 Å². The molecule has 0 unspecified atom stereocenters. The average Bonchev–Trinajstić information content (AvgIpc) is 2.43. The zero-order valence-corrected chi connectivity index (χ0v) is 13.7. The van der Waals surface area contributed by atoms with Crippen molar-refractivity contribution >= 4 is 17.3 Å². The molecule has 0 spiro atoms. The number of halogens is 1. The Kier molecular flexibility index (Phi) is 8.31. The Morgan fingerprint density at radius 2 is 1.95 bits per heavy atom. The summed E-state index contributed by atoms with van der Waals surface area (Å²) < 4.78 is 0. The monoisotopic (exact) mass is 312 g/mol. The number of hydrogen-bond acceptors (Lipinski definition) is 3. The molecular formula is C16H25ClN2O2. The van der Waals surface area contributed by atoms with Crippen LogP contribution in [0, 0.1) is 16.0 Å². The second kappa shape index (κ2) is 9.74. The van der Waals surface area contributed by atoms with Crippen molar-refractivity contribution in [2.75, 3.05) is 6.54 Å². The van der Waals surface area contributed by atoms with Crippen LogP contribution in [0.5, 0.6) is 0 Å². The average molecular weight is 313 g/mol. The molecule has 0 radical (unpaired) electrons. The van der Waals surface area contributed by atoms with Gasteiger partial charge in [0.15, 0.2) is 0 Å². The smallest absolute Gasteiger partial charge is 0.269 e. The summed E-state index contributed by atoms with van der Waals surface area (Å²) in [5.41, 5.74) is 0.871. The fraction of sp³-hybridized carbons (Fsp3) is 0.625. The first-order valence-electron chi connectivity index (χ1n) is 7.64. The third-order valence-electron chi connectivity index (χ3n) is 3.44. The molecule has 0 amide bonds. The largest absolute Gasteiger partial charge is 0.313 e. The van der Waals surface area contributed by atoms with Crippen LogP contribution in [-0.4, -0.2) is 11.5 Å². The first kappa shape index (κ1) is 17.9. The van der Waals surface area contributed by atoms with E-state index in [-0.39, 0.29) is 5.69 Å². The predicted octanol–water partition coefficient (Wildman–Crippen LogP) is 4.94. The van der Waals surface area contributed by atoms with Gasteiger partial charge < -0.3 is 5.32 Å². The van der Waals surface area contributed by atoms with E-state index in [0.717, 1.165) is 24.4 Å². The number of unbranched alkanes of at least 4 members (excludes halogenated alkanes) is 3.